The lowest BCUT2D eigenvalue weighted by Gasteiger charge is -2.12. The summed E-state index contributed by atoms with van der Waals surface area (Å²) in [6.45, 7) is 2.21. The van der Waals surface area contributed by atoms with Gasteiger partial charge in [-0.15, -0.1) is 0 Å². The molecule has 2 N–H and O–H groups in total. The Morgan fingerprint density at radius 2 is 2.24 bits per heavy atom. The Hall–Kier alpha value is -1.06. The second-order valence-corrected chi connectivity index (χ2v) is 4.94. The fourth-order valence-corrected chi connectivity index (χ4v) is 1.98. The van der Waals surface area contributed by atoms with Gasteiger partial charge in [0.2, 0.25) is 0 Å². The predicted molar refractivity (Wildman–Crippen MR) is 68.3 cm³/mol. The fraction of sp³-hybridized carbons (Fsp3) is 0.571. The highest BCUT2D eigenvalue weighted by Gasteiger charge is 2.41. The molecule has 1 aromatic rings. The van der Waals surface area contributed by atoms with E-state index >= 15 is 0 Å². The first-order chi connectivity index (χ1) is 8.28. The third kappa shape index (κ3) is 3.45. The molecule has 0 radical (unpaired) electrons. The van der Waals surface area contributed by atoms with Gasteiger partial charge in [0.1, 0.15) is 5.75 Å². The van der Waals surface area contributed by atoms with Crippen molar-refractivity contribution in [3.63, 3.8) is 0 Å². The number of hydrogen-bond acceptors (Lipinski definition) is 3. The molecule has 0 saturated heterocycles. The SMILES string of the molecule is COc1cccc(CCNCC2(CO)CC2)c1. The summed E-state index contributed by atoms with van der Waals surface area (Å²) in [5.41, 5.74) is 1.49. The first-order valence-electron chi connectivity index (χ1n) is 6.22. The number of rotatable bonds is 7. The predicted octanol–water partition coefficient (Wildman–Crippen LogP) is 1.60. The molecule has 0 bridgehead atoms. The summed E-state index contributed by atoms with van der Waals surface area (Å²) in [6.07, 6.45) is 3.32. The molecule has 1 aliphatic carbocycles. The molecular formula is C14H21NO2. The first kappa shape index (κ1) is 12.4. The van der Waals surface area contributed by atoms with Gasteiger partial charge < -0.3 is 15.2 Å². The Morgan fingerprint density at radius 1 is 1.41 bits per heavy atom. The van der Waals surface area contributed by atoms with Crippen LogP contribution >= 0.6 is 0 Å². The molecule has 17 heavy (non-hydrogen) atoms. The molecule has 0 spiro atoms. The summed E-state index contributed by atoms with van der Waals surface area (Å²) in [5, 5.41) is 12.6. The van der Waals surface area contributed by atoms with Crippen LogP contribution in [0.5, 0.6) is 5.75 Å². The topological polar surface area (TPSA) is 41.5 Å². The lowest BCUT2D eigenvalue weighted by Crippen LogP contribution is -2.28. The van der Waals surface area contributed by atoms with E-state index in [1.165, 1.54) is 5.56 Å². The molecule has 2 rings (SSSR count). The van der Waals surface area contributed by atoms with Crippen LogP contribution in [0.3, 0.4) is 0 Å². The zero-order valence-corrected chi connectivity index (χ0v) is 10.4. The van der Waals surface area contributed by atoms with E-state index in [-0.39, 0.29) is 5.41 Å². The van der Waals surface area contributed by atoms with E-state index < -0.39 is 0 Å². The van der Waals surface area contributed by atoms with Crippen LogP contribution in [0.1, 0.15) is 18.4 Å². The molecule has 1 aromatic carbocycles. The maximum Gasteiger partial charge on any atom is 0.119 e. The van der Waals surface area contributed by atoms with Gasteiger partial charge in [-0.05, 0) is 43.5 Å². The molecule has 3 heteroatoms. The molecule has 1 aliphatic rings. The van der Waals surface area contributed by atoms with Crippen molar-refractivity contribution < 1.29 is 9.84 Å². The quantitative estimate of drug-likeness (QED) is 0.705. The fourth-order valence-electron chi connectivity index (χ4n) is 1.98. The Labute approximate surface area is 103 Å². The summed E-state index contributed by atoms with van der Waals surface area (Å²) < 4.78 is 5.19. The van der Waals surface area contributed by atoms with Crippen LogP contribution in [0.15, 0.2) is 24.3 Å². The third-order valence-corrected chi connectivity index (χ3v) is 3.52. The lowest BCUT2D eigenvalue weighted by atomic mass is 10.1. The Balaban J connectivity index is 1.70. The van der Waals surface area contributed by atoms with E-state index in [1.54, 1.807) is 7.11 Å². The number of methoxy groups -OCH3 is 1. The Morgan fingerprint density at radius 3 is 2.88 bits per heavy atom. The van der Waals surface area contributed by atoms with Crippen molar-refractivity contribution in [1.29, 1.82) is 0 Å². The van der Waals surface area contributed by atoms with Gasteiger partial charge in [0.25, 0.3) is 0 Å². The number of aliphatic hydroxyl groups excluding tert-OH is 1. The largest absolute Gasteiger partial charge is 0.497 e. The summed E-state index contributed by atoms with van der Waals surface area (Å²) in [5.74, 6) is 0.913. The van der Waals surface area contributed by atoms with Crippen molar-refractivity contribution in [3.8, 4) is 5.75 Å². The van der Waals surface area contributed by atoms with E-state index in [2.05, 4.69) is 17.4 Å². The van der Waals surface area contributed by atoms with Crippen LogP contribution in [0, 0.1) is 5.41 Å². The molecule has 0 aromatic heterocycles. The van der Waals surface area contributed by atoms with Gasteiger partial charge in [-0.2, -0.15) is 0 Å². The second kappa shape index (κ2) is 5.52. The molecule has 0 heterocycles. The molecule has 94 valence electrons. The van der Waals surface area contributed by atoms with Gasteiger partial charge in [0, 0.05) is 18.6 Å². The smallest absolute Gasteiger partial charge is 0.119 e. The molecule has 0 aliphatic heterocycles. The summed E-state index contributed by atoms with van der Waals surface area (Å²) in [6, 6.07) is 8.16. The summed E-state index contributed by atoms with van der Waals surface area (Å²) in [4.78, 5) is 0. The average Bonchev–Trinajstić information content (AvgIpc) is 3.16. The number of benzene rings is 1. The highest BCUT2D eigenvalue weighted by molar-refractivity contribution is 5.28. The van der Waals surface area contributed by atoms with Gasteiger partial charge in [0.05, 0.1) is 7.11 Å². The highest BCUT2D eigenvalue weighted by atomic mass is 16.5. The molecule has 1 fully saturated rings. The average molecular weight is 235 g/mol. The van der Waals surface area contributed by atoms with Crippen molar-refractivity contribution in [2.45, 2.75) is 19.3 Å². The Bertz CT molecular complexity index is 361. The minimum atomic E-state index is 0.203. The summed E-state index contributed by atoms with van der Waals surface area (Å²) in [7, 11) is 1.69. The van der Waals surface area contributed by atoms with Crippen molar-refractivity contribution in [1.82, 2.24) is 5.32 Å². The molecule has 0 unspecified atom stereocenters. The lowest BCUT2D eigenvalue weighted by molar-refractivity contribution is 0.208. The zero-order chi connectivity index (χ0) is 12.1. The maximum atomic E-state index is 9.18. The van der Waals surface area contributed by atoms with Gasteiger partial charge in [-0.3, -0.25) is 0 Å². The van der Waals surface area contributed by atoms with E-state index in [4.69, 9.17) is 4.74 Å². The van der Waals surface area contributed by atoms with Gasteiger partial charge in [-0.1, -0.05) is 12.1 Å². The van der Waals surface area contributed by atoms with Crippen LogP contribution < -0.4 is 10.1 Å². The normalized spacial score (nSPS) is 16.8. The molecule has 3 nitrogen and oxygen atoms in total. The Kier molecular flexibility index (Phi) is 4.02. The highest BCUT2D eigenvalue weighted by Crippen LogP contribution is 2.44. The number of hydrogen-bond donors (Lipinski definition) is 2. The number of aliphatic hydroxyl groups is 1. The molecule has 0 amide bonds. The van der Waals surface area contributed by atoms with E-state index in [0.29, 0.717) is 6.61 Å². The number of nitrogens with one attached hydrogen (secondary N) is 1. The molecule has 0 atom stereocenters. The molecule has 1 saturated carbocycles. The van der Waals surface area contributed by atoms with E-state index in [0.717, 1.165) is 38.1 Å². The van der Waals surface area contributed by atoms with Crippen molar-refractivity contribution in [2.75, 3.05) is 26.8 Å². The van der Waals surface area contributed by atoms with Gasteiger partial charge in [-0.25, -0.2) is 0 Å². The van der Waals surface area contributed by atoms with Crippen LogP contribution in [-0.2, 0) is 6.42 Å². The van der Waals surface area contributed by atoms with Crippen LogP contribution in [-0.4, -0.2) is 31.9 Å². The van der Waals surface area contributed by atoms with Crippen molar-refractivity contribution in [2.24, 2.45) is 5.41 Å². The monoisotopic (exact) mass is 235 g/mol. The maximum absolute atomic E-state index is 9.18. The van der Waals surface area contributed by atoms with Crippen molar-refractivity contribution in [3.05, 3.63) is 29.8 Å². The minimum absolute atomic E-state index is 0.203. The molecular weight excluding hydrogens is 214 g/mol. The van der Waals surface area contributed by atoms with E-state index in [9.17, 15) is 5.11 Å². The van der Waals surface area contributed by atoms with Crippen LogP contribution in [0.2, 0.25) is 0 Å². The van der Waals surface area contributed by atoms with Crippen LogP contribution in [0.4, 0.5) is 0 Å². The standard InChI is InChI=1S/C14H21NO2/c1-17-13-4-2-3-12(9-13)5-8-15-10-14(11-16)6-7-14/h2-4,9,15-16H,5-8,10-11H2,1H3. The van der Waals surface area contributed by atoms with Gasteiger partial charge in [0.15, 0.2) is 0 Å². The van der Waals surface area contributed by atoms with Crippen LogP contribution in [0.25, 0.3) is 0 Å². The second-order valence-electron chi connectivity index (χ2n) is 4.94. The number of ether oxygens (including phenoxy) is 1. The van der Waals surface area contributed by atoms with E-state index in [1.807, 2.05) is 12.1 Å². The third-order valence-electron chi connectivity index (χ3n) is 3.52. The summed E-state index contributed by atoms with van der Waals surface area (Å²) >= 11 is 0. The minimum Gasteiger partial charge on any atom is -0.497 e. The van der Waals surface area contributed by atoms with Gasteiger partial charge >= 0.3 is 0 Å². The zero-order valence-electron chi connectivity index (χ0n) is 10.4. The first-order valence-corrected chi connectivity index (χ1v) is 6.22. The van der Waals surface area contributed by atoms with Crippen molar-refractivity contribution >= 4 is 0 Å².